The fourth-order valence-electron chi connectivity index (χ4n) is 2.19. The largest absolute Gasteiger partial charge is 0.352 e. The van der Waals surface area contributed by atoms with Crippen LogP contribution in [0.25, 0.3) is 0 Å². The van der Waals surface area contributed by atoms with Gasteiger partial charge in [0, 0.05) is 30.9 Å². The van der Waals surface area contributed by atoms with Crippen molar-refractivity contribution in [3.63, 3.8) is 0 Å². The van der Waals surface area contributed by atoms with E-state index in [1.54, 1.807) is 36.4 Å². The predicted octanol–water partition coefficient (Wildman–Crippen LogP) is 2.83. The highest BCUT2D eigenvalue weighted by Crippen LogP contribution is 2.11. The molecule has 0 radical (unpaired) electrons. The van der Waals surface area contributed by atoms with Crippen LogP contribution >= 0.6 is 0 Å². The maximum atomic E-state index is 12.1. The molecule has 24 heavy (non-hydrogen) atoms. The average molecular weight is 329 g/mol. The first kappa shape index (κ1) is 19.6. The van der Waals surface area contributed by atoms with E-state index in [0.29, 0.717) is 30.9 Å². The third-order valence-electron chi connectivity index (χ3n) is 3.37. The summed E-state index contributed by atoms with van der Waals surface area (Å²) in [7, 11) is 0. The minimum Gasteiger partial charge on any atom is -0.352 e. The Morgan fingerprint density at radius 2 is 1.92 bits per heavy atom. The van der Waals surface area contributed by atoms with Gasteiger partial charge in [-0.25, -0.2) is 0 Å². The van der Waals surface area contributed by atoms with E-state index in [1.807, 2.05) is 4.90 Å². The summed E-state index contributed by atoms with van der Waals surface area (Å²) >= 11 is 0. The number of carbonyl (C=O) groups excluding carboxylic acids is 2. The van der Waals surface area contributed by atoms with Gasteiger partial charge in [0.25, 0.3) is 5.91 Å². The zero-order chi connectivity index (χ0) is 17.8. The molecule has 0 aromatic heterocycles. The van der Waals surface area contributed by atoms with Crippen molar-refractivity contribution < 1.29 is 9.59 Å². The Balaban J connectivity index is 2.62. The van der Waals surface area contributed by atoms with Gasteiger partial charge >= 0.3 is 0 Å². The Labute approximate surface area is 144 Å². The molecule has 0 saturated carbocycles. The van der Waals surface area contributed by atoms with Gasteiger partial charge in [-0.05, 0) is 24.6 Å². The molecule has 5 nitrogen and oxygen atoms in total. The van der Waals surface area contributed by atoms with Crippen molar-refractivity contribution in [2.24, 2.45) is 0 Å². The summed E-state index contributed by atoms with van der Waals surface area (Å²) in [6.45, 7) is 11.6. The molecular formula is C19H27N3O2. The van der Waals surface area contributed by atoms with Crippen LogP contribution in [0.1, 0.15) is 30.1 Å². The van der Waals surface area contributed by atoms with Gasteiger partial charge in [0.05, 0.1) is 6.54 Å². The molecule has 0 atom stereocenters. The van der Waals surface area contributed by atoms with E-state index in [0.717, 1.165) is 12.8 Å². The third kappa shape index (κ3) is 7.24. The Bertz CT molecular complexity index is 559. The molecule has 5 heteroatoms. The lowest BCUT2D eigenvalue weighted by molar-refractivity contribution is -0.117. The Morgan fingerprint density at radius 1 is 1.21 bits per heavy atom. The van der Waals surface area contributed by atoms with Crippen molar-refractivity contribution >= 4 is 17.5 Å². The quantitative estimate of drug-likeness (QED) is 0.485. The van der Waals surface area contributed by atoms with E-state index in [9.17, 15) is 9.59 Å². The van der Waals surface area contributed by atoms with E-state index in [1.165, 1.54) is 0 Å². The molecule has 0 aliphatic heterocycles. The number of anilines is 1. The molecule has 0 aliphatic rings. The predicted molar refractivity (Wildman–Crippen MR) is 99.1 cm³/mol. The van der Waals surface area contributed by atoms with Crippen LogP contribution < -0.4 is 10.6 Å². The molecule has 130 valence electrons. The van der Waals surface area contributed by atoms with E-state index in [-0.39, 0.29) is 18.4 Å². The van der Waals surface area contributed by atoms with Gasteiger partial charge in [-0.2, -0.15) is 0 Å². The highest BCUT2D eigenvalue weighted by atomic mass is 16.2. The molecule has 1 aromatic carbocycles. The van der Waals surface area contributed by atoms with Crippen LogP contribution in [0.2, 0.25) is 0 Å². The molecule has 1 aromatic rings. The van der Waals surface area contributed by atoms with Crippen molar-refractivity contribution in [1.29, 1.82) is 0 Å². The molecule has 2 amide bonds. The lowest BCUT2D eigenvalue weighted by Gasteiger charge is -2.18. The molecule has 2 N–H and O–H groups in total. The van der Waals surface area contributed by atoms with Gasteiger partial charge in [0.2, 0.25) is 5.91 Å². The second-order valence-electron chi connectivity index (χ2n) is 5.51. The van der Waals surface area contributed by atoms with Gasteiger partial charge in [-0.1, -0.05) is 31.6 Å². The number of amides is 2. The van der Waals surface area contributed by atoms with E-state index in [4.69, 9.17) is 0 Å². The normalized spacial score (nSPS) is 10.2. The molecule has 0 saturated heterocycles. The molecular weight excluding hydrogens is 302 g/mol. The summed E-state index contributed by atoms with van der Waals surface area (Å²) < 4.78 is 0. The second kappa shape index (κ2) is 11.2. The SMILES string of the molecule is C=CCN(CC=C)CC(=O)Nc1cccc(C(=O)NCCCC)c1. The first-order valence-corrected chi connectivity index (χ1v) is 8.23. The number of hydrogen-bond donors (Lipinski definition) is 2. The number of benzene rings is 1. The highest BCUT2D eigenvalue weighted by molar-refractivity contribution is 5.97. The van der Waals surface area contributed by atoms with Gasteiger partial charge in [-0.15, -0.1) is 13.2 Å². The average Bonchev–Trinajstić information content (AvgIpc) is 2.55. The first-order valence-electron chi connectivity index (χ1n) is 8.23. The van der Waals surface area contributed by atoms with Crippen LogP contribution in [0, 0.1) is 0 Å². The lowest BCUT2D eigenvalue weighted by atomic mass is 10.2. The van der Waals surface area contributed by atoms with E-state index >= 15 is 0 Å². The fraction of sp³-hybridized carbons (Fsp3) is 0.368. The molecule has 0 aliphatic carbocycles. The van der Waals surface area contributed by atoms with Gasteiger partial charge in [-0.3, -0.25) is 14.5 Å². The minimum absolute atomic E-state index is 0.125. The smallest absolute Gasteiger partial charge is 0.251 e. The Morgan fingerprint density at radius 3 is 2.54 bits per heavy atom. The van der Waals surface area contributed by atoms with Crippen molar-refractivity contribution in [3.05, 3.63) is 55.1 Å². The van der Waals surface area contributed by atoms with Crippen molar-refractivity contribution in [2.45, 2.75) is 19.8 Å². The molecule has 0 fully saturated rings. The van der Waals surface area contributed by atoms with Gasteiger partial charge in [0.15, 0.2) is 0 Å². The Kier molecular flexibility index (Phi) is 9.16. The summed E-state index contributed by atoms with van der Waals surface area (Å²) in [5.41, 5.74) is 1.15. The fourth-order valence-corrected chi connectivity index (χ4v) is 2.19. The standard InChI is InChI=1S/C19H27N3O2/c1-4-7-11-20-19(24)16-9-8-10-17(14-16)21-18(23)15-22(12-5-2)13-6-3/h5-6,8-10,14H,2-4,7,11-13,15H2,1H3,(H,20,24)(H,21,23). The highest BCUT2D eigenvalue weighted by Gasteiger charge is 2.10. The molecule has 1 rings (SSSR count). The van der Waals surface area contributed by atoms with Crippen LogP contribution in [-0.4, -0.2) is 42.9 Å². The Hall–Kier alpha value is -2.40. The van der Waals surface area contributed by atoms with Gasteiger partial charge in [0.1, 0.15) is 0 Å². The number of nitrogens with one attached hydrogen (secondary N) is 2. The van der Waals surface area contributed by atoms with Crippen LogP contribution in [0.5, 0.6) is 0 Å². The molecule has 0 heterocycles. The first-order chi connectivity index (χ1) is 11.6. The molecule has 0 unspecified atom stereocenters. The zero-order valence-corrected chi connectivity index (χ0v) is 14.4. The topological polar surface area (TPSA) is 61.4 Å². The minimum atomic E-state index is -0.137. The number of carbonyl (C=O) groups is 2. The van der Waals surface area contributed by atoms with Crippen LogP contribution in [0.4, 0.5) is 5.69 Å². The van der Waals surface area contributed by atoms with E-state index < -0.39 is 0 Å². The maximum absolute atomic E-state index is 12.1. The van der Waals surface area contributed by atoms with Crippen LogP contribution in [0.3, 0.4) is 0 Å². The summed E-state index contributed by atoms with van der Waals surface area (Å²) in [6, 6.07) is 6.95. The molecule has 0 bridgehead atoms. The number of nitrogens with zero attached hydrogens (tertiary/aromatic N) is 1. The third-order valence-corrected chi connectivity index (χ3v) is 3.37. The second-order valence-corrected chi connectivity index (χ2v) is 5.51. The summed E-state index contributed by atoms with van der Waals surface area (Å²) in [6.07, 6.45) is 5.48. The van der Waals surface area contributed by atoms with Gasteiger partial charge < -0.3 is 10.6 Å². The van der Waals surface area contributed by atoms with E-state index in [2.05, 4.69) is 30.7 Å². The zero-order valence-electron chi connectivity index (χ0n) is 14.4. The summed E-state index contributed by atoms with van der Waals surface area (Å²) in [5, 5.41) is 5.69. The monoisotopic (exact) mass is 329 g/mol. The summed E-state index contributed by atoms with van der Waals surface area (Å²) in [4.78, 5) is 26.1. The maximum Gasteiger partial charge on any atom is 0.251 e. The number of hydrogen-bond acceptors (Lipinski definition) is 3. The summed E-state index contributed by atoms with van der Waals surface area (Å²) in [5.74, 6) is -0.262. The number of rotatable bonds is 11. The van der Waals surface area contributed by atoms with Crippen molar-refractivity contribution in [2.75, 3.05) is 31.5 Å². The van der Waals surface area contributed by atoms with Crippen LogP contribution in [-0.2, 0) is 4.79 Å². The number of unbranched alkanes of at least 4 members (excludes halogenated alkanes) is 1. The van der Waals surface area contributed by atoms with Crippen molar-refractivity contribution in [3.8, 4) is 0 Å². The van der Waals surface area contributed by atoms with Crippen LogP contribution in [0.15, 0.2) is 49.6 Å². The lowest BCUT2D eigenvalue weighted by Crippen LogP contribution is -2.33. The molecule has 0 spiro atoms. The van der Waals surface area contributed by atoms with Crippen molar-refractivity contribution in [1.82, 2.24) is 10.2 Å².